The van der Waals surface area contributed by atoms with Gasteiger partial charge in [-0.3, -0.25) is 14.5 Å². The van der Waals surface area contributed by atoms with Gasteiger partial charge in [0.25, 0.3) is 5.56 Å². The number of fused-ring (bicyclic) bond motifs is 1. The van der Waals surface area contributed by atoms with Gasteiger partial charge in [-0.25, -0.2) is 9.78 Å². The molecule has 150 valence electrons. The number of nitrogens with zero attached hydrogens (tertiary/aromatic N) is 5. The van der Waals surface area contributed by atoms with Gasteiger partial charge in [0, 0.05) is 0 Å². The summed E-state index contributed by atoms with van der Waals surface area (Å²) in [5.74, 6) is -1.50. The van der Waals surface area contributed by atoms with Crippen molar-refractivity contribution in [2.45, 2.75) is 6.54 Å². The summed E-state index contributed by atoms with van der Waals surface area (Å²) in [5.41, 5.74) is 6.06. The van der Waals surface area contributed by atoms with Gasteiger partial charge >= 0.3 is 12.0 Å². The summed E-state index contributed by atoms with van der Waals surface area (Å²) in [6.45, 7) is -0.444. The molecule has 2 aromatic heterocycles. The van der Waals surface area contributed by atoms with E-state index in [1.165, 1.54) is 15.8 Å². The average molecular weight is 404 g/mol. The van der Waals surface area contributed by atoms with E-state index in [0.29, 0.717) is 11.4 Å². The number of aliphatic carboxylic acids is 1. The zero-order chi connectivity index (χ0) is 21.3. The summed E-state index contributed by atoms with van der Waals surface area (Å²) in [6, 6.07) is 16.8. The van der Waals surface area contributed by atoms with E-state index in [-0.39, 0.29) is 17.1 Å². The monoisotopic (exact) mass is 404 g/mol. The maximum Gasteiger partial charge on any atom is 0.343 e. The van der Waals surface area contributed by atoms with Crippen LogP contribution < -0.4 is 16.2 Å². The number of nitrogen functional groups attached to an aromatic ring is 1. The van der Waals surface area contributed by atoms with Crippen molar-refractivity contribution < 1.29 is 14.7 Å². The second kappa shape index (κ2) is 7.51. The Labute approximate surface area is 169 Å². The number of aromatic nitrogens is 4. The summed E-state index contributed by atoms with van der Waals surface area (Å²) < 4.78 is 1.90. The zero-order valence-corrected chi connectivity index (χ0v) is 15.5. The highest BCUT2D eigenvalue weighted by Crippen LogP contribution is 2.26. The molecule has 0 unspecified atom stereocenters. The molecule has 0 saturated carbocycles. The topological polar surface area (TPSA) is 136 Å². The molecule has 3 N–H and O–H groups in total. The molecule has 0 radical (unpaired) electrons. The summed E-state index contributed by atoms with van der Waals surface area (Å²) in [5, 5.41) is 9.00. The minimum absolute atomic E-state index is 0.00470. The fourth-order valence-electron chi connectivity index (χ4n) is 3.08. The van der Waals surface area contributed by atoms with Crippen LogP contribution in [0.5, 0.6) is 0 Å². The number of nitrogens with two attached hydrogens (primary N) is 1. The van der Waals surface area contributed by atoms with Crippen molar-refractivity contribution in [1.29, 1.82) is 0 Å². The van der Waals surface area contributed by atoms with Crippen LogP contribution in [0.3, 0.4) is 0 Å². The lowest BCUT2D eigenvalue weighted by Crippen LogP contribution is -2.39. The summed E-state index contributed by atoms with van der Waals surface area (Å²) in [4.78, 5) is 46.8. The molecule has 4 aromatic rings. The maximum atomic E-state index is 13.5. The van der Waals surface area contributed by atoms with Crippen LogP contribution in [0, 0.1) is 0 Å². The van der Waals surface area contributed by atoms with Crippen LogP contribution in [0.1, 0.15) is 0 Å². The average Bonchev–Trinajstić information content (AvgIpc) is 3.12. The number of carbonyl (C=O) groups excluding carboxylic acids is 1. The van der Waals surface area contributed by atoms with Crippen molar-refractivity contribution in [2.75, 3.05) is 10.6 Å². The van der Waals surface area contributed by atoms with E-state index >= 15 is 0 Å². The van der Waals surface area contributed by atoms with Gasteiger partial charge in [-0.2, -0.15) is 9.55 Å². The first-order valence-corrected chi connectivity index (χ1v) is 8.87. The first-order chi connectivity index (χ1) is 14.5. The molecule has 0 saturated heterocycles. The Hall–Kier alpha value is -4.47. The molecule has 10 nitrogen and oxygen atoms in total. The molecule has 0 aliphatic carbocycles. The van der Waals surface area contributed by atoms with Gasteiger partial charge in [0.2, 0.25) is 5.95 Å². The minimum atomic E-state index is -1.13. The third kappa shape index (κ3) is 3.26. The first-order valence-electron chi connectivity index (χ1n) is 8.87. The Morgan fingerprint density at radius 3 is 2.10 bits per heavy atom. The van der Waals surface area contributed by atoms with Crippen LogP contribution >= 0.6 is 0 Å². The van der Waals surface area contributed by atoms with Gasteiger partial charge in [-0.15, -0.1) is 0 Å². The van der Waals surface area contributed by atoms with Crippen LogP contribution in [-0.2, 0) is 11.3 Å². The van der Waals surface area contributed by atoms with E-state index in [1.807, 2.05) is 0 Å². The Bertz CT molecular complexity index is 1260. The molecular formula is C20H16N6O4. The lowest BCUT2D eigenvalue weighted by Gasteiger charge is -2.23. The van der Waals surface area contributed by atoms with Crippen LogP contribution in [0.2, 0.25) is 0 Å². The Morgan fingerprint density at radius 2 is 1.57 bits per heavy atom. The molecule has 0 atom stereocenters. The van der Waals surface area contributed by atoms with E-state index in [4.69, 9.17) is 10.8 Å². The van der Waals surface area contributed by atoms with Gasteiger partial charge < -0.3 is 15.4 Å². The third-order valence-corrected chi connectivity index (χ3v) is 4.38. The Kier molecular flexibility index (Phi) is 4.72. The van der Waals surface area contributed by atoms with Gasteiger partial charge in [0.1, 0.15) is 6.54 Å². The summed E-state index contributed by atoms with van der Waals surface area (Å²) in [7, 11) is 0. The standard InChI is InChI=1S/C20H16N6O4/c21-19-23-17-16(22-12-24(17)11-15(27)28)18(29)26(19)20(30)25(13-7-3-1-4-8-13)14-9-5-2-6-10-14/h1-10,12H,11H2,(H2,21,23)(H,27,28). The van der Waals surface area contributed by atoms with E-state index in [1.54, 1.807) is 60.7 Å². The van der Waals surface area contributed by atoms with Gasteiger partial charge in [-0.1, -0.05) is 36.4 Å². The van der Waals surface area contributed by atoms with Gasteiger partial charge in [0.15, 0.2) is 11.2 Å². The number of imidazole rings is 1. The lowest BCUT2D eigenvalue weighted by molar-refractivity contribution is -0.137. The van der Waals surface area contributed by atoms with Crippen molar-refractivity contribution in [1.82, 2.24) is 19.1 Å². The van der Waals surface area contributed by atoms with Crippen LogP contribution in [0.15, 0.2) is 71.8 Å². The van der Waals surface area contributed by atoms with E-state index in [2.05, 4.69) is 9.97 Å². The largest absolute Gasteiger partial charge is 0.480 e. The maximum absolute atomic E-state index is 13.5. The molecule has 30 heavy (non-hydrogen) atoms. The van der Waals surface area contributed by atoms with Crippen molar-refractivity contribution in [3.05, 3.63) is 77.3 Å². The number of carboxylic acid groups (broad SMARTS) is 1. The van der Waals surface area contributed by atoms with Crippen molar-refractivity contribution in [3.63, 3.8) is 0 Å². The second-order valence-electron chi connectivity index (χ2n) is 6.34. The molecule has 0 bridgehead atoms. The van der Waals surface area contributed by atoms with E-state index in [0.717, 1.165) is 4.57 Å². The summed E-state index contributed by atoms with van der Waals surface area (Å²) >= 11 is 0. The molecule has 10 heteroatoms. The number of hydrogen-bond donors (Lipinski definition) is 2. The number of anilines is 3. The number of rotatable bonds is 4. The molecule has 2 aromatic carbocycles. The molecule has 4 rings (SSSR count). The highest BCUT2D eigenvalue weighted by molar-refractivity contribution is 6.02. The predicted octanol–water partition coefficient (Wildman–Crippen LogP) is 2.07. The first kappa shape index (κ1) is 18.9. The molecule has 0 aliphatic heterocycles. The molecule has 0 aliphatic rings. The lowest BCUT2D eigenvalue weighted by atomic mass is 10.2. The fourth-order valence-corrected chi connectivity index (χ4v) is 3.08. The normalized spacial score (nSPS) is 10.8. The molecule has 1 amide bonds. The molecule has 0 spiro atoms. The number of amides is 1. The highest BCUT2D eigenvalue weighted by Gasteiger charge is 2.25. The van der Waals surface area contributed by atoms with Crippen LogP contribution in [0.25, 0.3) is 11.2 Å². The van der Waals surface area contributed by atoms with Gasteiger partial charge in [0.05, 0.1) is 17.7 Å². The van der Waals surface area contributed by atoms with Crippen molar-refractivity contribution >= 4 is 40.5 Å². The number of carboxylic acids is 1. The fraction of sp³-hybridized carbons (Fsp3) is 0.0500. The Balaban J connectivity index is 1.88. The highest BCUT2D eigenvalue weighted by atomic mass is 16.4. The van der Waals surface area contributed by atoms with Gasteiger partial charge in [-0.05, 0) is 24.3 Å². The second-order valence-corrected chi connectivity index (χ2v) is 6.34. The van der Waals surface area contributed by atoms with E-state index < -0.39 is 24.1 Å². The quantitative estimate of drug-likeness (QED) is 0.531. The number of hydrogen-bond acceptors (Lipinski definition) is 6. The Morgan fingerprint density at radius 1 is 1.00 bits per heavy atom. The molecule has 0 fully saturated rings. The van der Waals surface area contributed by atoms with Crippen LogP contribution in [-0.4, -0.2) is 36.2 Å². The molecular weight excluding hydrogens is 388 g/mol. The minimum Gasteiger partial charge on any atom is -0.480 e. The predicted molar refractivity (Wildman–Crippen MR) is 110 cm³/mol. The SMILES string of the molecule is Nc1nc2c(ncn2CC(=O)O)c(=O)n1C(=O)N(c1ccccc1)c1ccccc1. The van der Waals surface area contributed by atoms with Crippen molar-refractivity contribution in [2.24, 2.45) is 0 Å². The summed E-state index contributed by atoms with van der Waals surface area (Å²) in [6.07, 6.45) is 1.17. The number of benzene rings is 2. The van der Waals surface area contributed by atoms with E-state index in [9.17, 15) is 14.4 Å². The third-order valence-electron chi connectivity index (χ3n) is 4.38. The van der Waals surface area contributed by atoms with Crippen LogP contribution in [0.4, 0.5) is 22.1 Å². The van der Waals surface area contributed by atoms with Crippen molar-refractivity contribution in [3.8, 4) is 0 Å². The molecule has 2 heterocycles. The number of para-hydroxylation sites is 2. The smallest absolute Gasteiger partial charge is 0.343 e. The zero-order valence-electron chi connectivity index (χ0n) is 15.5. The number of carbonyl (C=O) groups is 2.